The predicted octanol–water partition coefficient (Wildman–Crippen LogP) is 2.26. The van der Waals surface area contributed by atoms with Gasteiger partial charge in [-0.05, 0) is 12.8 Å². The van der Waals surface area contributed by atoms with Crippen LogP contribution in [0.15, 0.2) is 0 Å². The van der Waals surface area contributed by atoms with E-state index in [0.29, 0.717) is 3.92 Å². The Hall–Kier alpha value is 0.130. The highest BCUT2D eigenvalue weighted by molar-refractivity contribution is 14.1. The molecule has 0 radical (unpaired) electrons. The molecule has 0 aromatic heterocycles. The van der Waals surface area contributed by atoms with Crippen LogP contribution in [0.4, 0.5) is 0 Å². The maximum atomic E-state index is 10.5. The van der Waals surface area contributed by atoms with Crippen molar-refractivity contribution in [3.63, 3.8) is 0 Å². The largest absolute Gasteiger partial charge is 0.264 e. The van der Waals surface area contributed by atoms with Gasteiger partial charge in [-0.2, -0.15) is 0 Å². The normalized spacial score (nSPS) is 38.5. The topological polar surface area (TPSA) is 43.1 Å². The van der Waals surface area contributed by atoms with Gasteiger partial charge in [0.15, 0.2) is 0 Å². The molecule has 3 unspecified atom stereocenters. The number of halogens is 1. The summed E-state index contributed by atoms with van der Waals surface area (Å²) in [5.41, 5.74) is 0. The second kappa shape index (κ2) is 3.69. The van der Waals surface area contributed by atoms with Gasteiger partial charge in [-0.25, -0.2) is 0 Å². The summed E-state index contributed by atoms with van der Waals surface area (Å²) < 4.78 is 0.652. The van der Waals surface area contributed by atoms with E-state index < -0.39 is 0 Å². The van der Waals surface area contributed by atoms with Crippen LogP contribution in [0.2, 0.25) is 0 Å². The third-order valence-electron chi connectivity index (χ3n) is 2.33. The predicted molar refractivity (Wildman–Crippen MR) is 51.6 cm³/mol. The van der Waals surface area contributed by atoms with Crippen LogP contribution in [0.25, 0.3) is 0 Å². The summed E-state index contributed by atoms with van der Waals surface area (Å²) in [5.74, 6) is 0.264. The maximum absolute atomic E-state index is 10.5. The summed E-state index contributed by atoms with van der Waals surface area (Å²) in [6, 6.07) is -0.277. The molecule has 1 fully saturated rings. The Labute approximate surface area is 79.8 Å². The first-order chi connectivity index (χ1) is 5.11. The second-order valence-electron chi connectivity index (χ2n) is 3.24. The lowest BCUT2D eigenvalue weighted by Gasteiger charge is -2.25. The minimum absolute atomic E-state index is 0.118. The Kier molecular flexibility index (Phi) is 3.09. The fraction of sp³-hybridized carbons (Fsp3) is 1.00. The third kappa shape index (κ3) is 2.28. The van der Waals surface area contributed by atoms with E-state index >= 15 is 0 Å². The summed E-state index contributed by atoms with van der Waals surface area (Å²) in [4.78, 5) is 10.4. The zero-order chi connectivity index (χ0) is 8.43. The van der Waals surface area contributed by atoms with Gasteiger partial charge in [0.05, 0.1) is 0 Å². The number of hydrogen-bond acceptors (Lipinski definition) is 2. The van der Waals surface area contributed by atoms with Crippen LogP contribution >= 0.6 is 22.6 Å². The molecule has 0 saturated heterocycles. The van der Waals surface area contributed by atoms with Crippen LogP contribution in [0.3, 0.4) is 0 Å². The van der Waals surface area contributed by atoms with E-state index in [-0.39, 0.29) is 16.9 Å². The average Bonchev–Trinajstić information content (AvgIpc) is 1.85. The molecule has 3 nitrogen and oxygen atoms in total. The van der Waals surface area contributed by atoms with Crippen LogP contribution < -0.4 is 0 Å². The molecule has 3 atom stereocenters. The van der Waals surface area contributed by atoms with Gasteiger partial charge in [0.2, 0.25) is 6.04 Å². The average molecular weight is 269 g/mol. The Balaban J connectivity index is 2.50. The van der Waals surface area contributed by atoms with Crippen molar-refractivity contribution in [2.45, 2.75) is 36.2 Å². The zero-order valence-corrected chi connectivity index (χ0v) is 8.65. The lowest BCUT2D eigenvalue weighted by molar-refractivity contribution is -0.534. The zero-order valence-electron chi connectivity index (χ0n) is 6.50. The molecule has 0 aromatic rings. The molecule has 0 heterocycles. The minimum atomic E-state index is -0.277. The van der Waals surface area contributed by atoms with Crippen molar-refractivity contribution in [3.8, 4) is 0 Å². The van der Waals surface area contributed by atoms with Crippen LogP contribution in [-0.2, 0) is 0 Å². The molecule has 0 N–H and O–H groups in total. The van der Waals surface area contributed by atoms with E-state index in [0.717, 1.165) is 19.3 Å². The van der Waals surface area contributed by atoms with Gasteiger partial charge >= 0.3 is 0 Å². The molecule has 4 heteroatoms. The maximum Gasteiger partial charge on any atom is 0.215 e. The van der Waals surface area contributed by atoms with Crippen molar-refractivity contribution < 1.29 is 4.92 Å². The second-order valence-corrected chi connectivity index (χ2v) is 5.00. The van der Waals surface area contributed by atoms with Crippen molar-refractivity contribution in [1.82, 2.24) is 0 Å². The molecule has 64 valence electrons. The molecule has 0 spiro atoms. The van der Waals surface area contributed by atoms with Gasteiger partial charge in [0.1, 0.15) is 0 Å². The standard InChI is InChI=1S/C7H12INO2/c1-5-4-6(8)2-3-7(5)9(10)11/h5-7H,2-4H2,1H3. The van der Waals surface area contributed by atoms with E-state index in [1.165, 1.54) is 0 Å². The Morgan fingerprint density at radius 2 is 2.18 bits per heavy atom. The number of alkyl halides is 1. The van der Waals surface area contributed by atoms with Gasteiger partial charge in [-0.3, -0.25) is 10.1 Å². The lowest BCUT2D eigenvalue weighted by Crippen LogP contribution is -2.33. The van der Waals surface area contributed by atoms with E-state index in [9.17, 15) is 10.1 Å². The first kappa shape index (κ1) is 9.22. The van der Waals surface area contributed by atoms with Crippen LogP contribution in [-0.4, -0.2) is 14.9 Å². The van der Waals surface area contributed by atoms with Gasteiger partial charge < -0.3 is 0 Å². The fourth-order valence-corrected chi connectivity index (χ4v) is 2.79. The highest BCUT2D eigenvalue weighted by Crippen LogP contribution is 2.30. The highest BCUT2D eigenvalue weighted by atomic mass is 127. The minimum Gasteiger partial charge on any atom is -0.264 e. The number of hydrogen-bond donors (Lipinski definition) is 0. The van der Waals surface area contributed by atoms with E-state index in [2.05, 4.69) is 22.6 Å². The smallest absolute Gasteiger partial charge is 0.215 e. The molecule has 0 amide bonds. The quantitative estimate of drug-likeness (QED) is 0.317. The van der Waals surface area contributed by atoms with Gasteiger partial charge in [0, 0.05) is 21.2 Å². The Morgan fingerprint density at radius 1 is 1.55 bits per heavy atom. The van der Waals surface area contributed by atoms with Crippen molar-refractivity contribution in [3.05, 3.63) is 10.1 Å². The Bertz CT molecular complexity index is 163. The lowest BCUT2D eigenvalue weighted by atomic mass is 9.86. The van der Waals surface area contributed by atoms with Gasteiger partial charge in [0.25, 0.3) is 0 Å². The third-order valence-corrected chi connectivity index (χ3v) is 3.46. The number of nitrogens with zero attached hydrogens (tertiary/aromatic N) is 1. The molecule has 1 rings (SSSR count). The Morgan fingerprint density at radius 3 is 2.64 bits per heavy atom. The summed E-state index contributed by atoms with van der Waals surface area (Å²) in [6.07, 6.45) is 2.78. The SMILES string of the molecule is CC1CC(I)CCC1[N+](=O)[O-]. The summed E-state index contributed by atoms with van der Waals surface area (Å²) >= 11 is 2.38. The molecule has 0 bridgehead atoms. The molecular weight excluding hydrogens is 257 g/mol. The molecule has 1 aliphatic rings. The van der Waals surface area contributed by atoms with Crippen molar-refractivity contribution >= 4 is 22.6 Å². The number of nitro groups is 1. The van der Waals surface area contributed by atoms with E-state index in [1.807, 2.05) is 6.92 Å². The van der Waals surface area contributed by atoms with Crippen molar-refractivity contribution in [1.29, 1.82) is 0 Å². The summed E-state index contributed by atoms with van der Waals surface area (Å²) in [5, 5.41) is 10.5. The highest BCUT2D eigenvalue weighted by Gasteiger charge is 2.33. The first-order valence-corrected chi connectivity index (χ1v) is 5.13. The number of rotatable bonds is 1. The first-order valence-electron chi connectivity index (χ1n) is 3.89. The van der Waals surface area contributed by atoms with E-state index in [4.69, 9.17) is 0 Å². The molecule has 11 heavy (non-hydrogen) atoms. The van der Waals surface area contributed by atoms with Crippen LogP contribution in [0.5, 0.6) is 0 Å². The van der Waals surface area contributed by atoms with Gasteiger partial charge in [-0.15, -0.1) is 0 Å². The van der Waals surface area contributed by atoms with Gasteiger partial charge in [-0.1, -0.05) is 29.5 Å². The van der Waals surface area contributed by atoms with Crippen LogP contribution in [0, 0.1) is 16.0 Å². The molecular formula is C7H12INO2. The molecule has 0 aliphatic heterocycles. The summed E-state index contributed by atoms with van der Waals surface area (Å²) in [7, 11) is 0. The van der Waals surface area contributed by atoms with E-state index in [1.54, 1.807) is 0 Å². The molecule has 1 aliphatic carbocycles. The van der Waals surface area contributed by atoms with Crippen molar-refractivity contribution in [2.75, 3.05) is 0 Å². The fourth-order valence-electron chi connectivity index (χ4n) is 1.63. The summed E-state index contributed by atoms with van der Waals surface area (Å²) in [6.45, 7) is 1.98. The monoisotopic (exact) mass is 269 g/mol. The molecule has 0 aromatic carbocycles. The molecule has 1 saturated carbocycles. The van der Waals surface area contributed by atoms with Crippen LogP contribution in [0.1, 0.15) is 26.2 Å². The van der Waals surface area contributed by atoms with Crippen molar-refractivity contribution in [2.24, 2.45) is 5.92 Å².